The van der Waals surface area contributed by atoms with Gasteiger partial charge in [0, 0.05) is 38.4 Å². The van der Waals surface area contributed by atoms with Gasteiger partial charge in [0.1, 0.15) is 0 Å². The Bertz CT molecular complexity index is 2720. The van der Waals surface area contributed by atoms with Crippen LogP contribution in [0.25, 0.3) is 71.7 Å². The van der Waals surface area contributed by atoms with Crippen LogP contribution in [0.5, 0.6) is 0 Å². The van der Waals surface area contributed by atoms with Gasteiger partial charge in [0.25, 0.3) is 0 Å². The summed E-state index contributed by atoms with van der Waals surface area (Å²) < 4.78 is 39.0. The summed E-state index contributed by atoms with van der Waals surface area (Å²) >= 11 is 0. The van der Waals surface area contributed by atoms with Crippen molar-refractivity contribution in [2.24, 2.45) is 0 Å². The molecular weight excluding hydrogens is 532 g/mol. The summed E-state index contributed by atoms with van der Waals surface area (Å²) in [6.07, 6.45) is 7.01. The minimum atomic E-state index is -0.235. The van der Waals surface area contributed by atoms with Gasteiger partial charge in [0.2, 0.25) is 0 Å². The second-order valence-electron chi connectivity index (χ2n) is 11.1. The lowest BCUT2D eigenvalue weighted by atomic mass is 9.93. The van der Waals surface area contributed by atoms with Gasteiger partial charge in [-0.25, -0.2) is 0 Å². The van der Waals surface area contributed by atoms with Gasteiger partial charge in [-0.3, -0.25) is 0 Å². The molecule has 0 radical (unpaired) electrons. The standard InChI is InChI=1S/C42H28N2/c1-3-14-29(15-4-1)32-21-13-22-33(30-16-5-2-6-17-30)42(32)44-40-25-12-9-20-36(40)37-28-31(26-27-41(37)44)43-38-23-10-7-18-34(38)35-19-8-11-24-39(35)43/h1,3-16,18-28H,17H2/i7D,10D,18D,23D. The molecule has 0 atom stereocenters. The molecule has 44 heavy (non-hydrogen) atoms. The number of aromatic nitrogens is 2. The minimum absolute atomic E-state index is 0.0228. The fourth-order valence-electron chi connectivity index (χ4n) is 6.83. The van der Waals surface area contributed by atoms with E-state index in [0.29, 0.717) is 10.9 Å². The minimum Gasteiger partial charge on any atom is -0.309 e. The molecule has 2 nitrogen and oxygen atoms in total. The average molecular weight is 565 g/mol. The van der Waals surface area contributed by atoms with Crippen molar-refractivity contribution in [3.63, 3.8) is 0 Å². The van der Waals surface area contributed by atoms with Crippen LogP contribution in [0.1, 0.15) is 17.5 Å². The third-order valence-electron chi connectivity index (χ3n) is 8.73. The number of hydrogen-bond donors (Lipinski definition) is 0. The van der Waals surface area contributed by atoms with Crippen LogP contribution < -0.4 is 0 Å². The molecule has 206 valence electrons. The van der Waals surface area contributed by atoms with Gasteiger partial charge < -0.3 is 9.13 Å². The summed E-state index contributed by atoms with van der Waals surface area (Å²) in [5.74, 6) is 0. The van der Waals surface area contributed by atoms with E-state index in [0.717, 1.165) is 67.2 Å². The molecule has 0 unspecified atom stereocenters. The van der Waals surface area contributed by atoms with Crippen molar-refractivity contribution in [2.75, 3.05) is 0 Å². The fourth-order valence-corrected chi connectivity index (χ4v) is 6.83. The van der Waals surface area contributed by atoms with Gasteiger partial charge in [-0.05, 0) is 66.1 Å². The Labute approximate surface area is 261 Å². The van der Waals surface area contributed by atoms with Gasteiger partial charge in [-0.2, -0.15) is 0 Å². The highest BCUT2D eigenvalue weighted by Crippen LogP contribution is 2.42. The number of fused-ring (bicyclic) bond motifs is 6. The summed E-state index contributed by atoms with van der Waals surface area (Å²) in [5.41, 5.74) is 13.3. The van der Waals surface area contributed by atoms with Gasteiger partial charge in [0.05, 0.1) is 33.2 Å². The zero-order valence-electron chi connectivity index (χ0n) is 27.8. The van der Waals surface area contributed by atoms with Crippen molar-refractivity contribution < 1.29 is 5.48 Å². The van der Waals surface area contributed by atoms with Crippen molar-refractivity contribution in [3.8, 4) is 22.5 Å². The van der Waals surface area contributed by atoms with Crippen molar-refractivity contribution in [1.29, 1.82) is 0 Å². The monoisotopic (exact) mass is 564 g/mol. The van der Waals surface area contributed by atoms with E-state index in [1.54, 1.807) is 0 Å². The predicted molar refractivity (Wildman–Crippen MR) is 186 cm³/mol. The second-order valence-corrected chi connectivity index (χ2v) is 11.1. The Hall–Kier alpha value is -5.82. The van der Waals surface area contributed by atoms with Gasteiger partial charge in [-0.15, -0.1) is 5.73 Å². The van der Waals surface area contributed by atoms with E-state index < -0.39 is 0 Å². The number of para-hydroxylation sites is 4. The first-order valence-electron chi connectivity index (χ1n) is 16.9. The quantitative estimate of drug-likeness (QED) is 0.188. The largest absolute Gasteiger partial charge is 0.309 e. The first-order chi connectivity index (χ1) is 23.5. The Morgan fingerprint density at radius 2 is 1.27 bits per heavy atom. The molecule has 0 bridgehead atoms. The van der Waals surface area contributed by atoms with Gasteiger partial charge in [0.15, 0.2) is 0 Å². The molecule has 0 aliphatic heterocycles. The lowest BCUT2D eigenvalue weighted by Crippen LogP contribution is -2.03. The highest BCUT2D eigenvalue weighted by molar-refractivity contribution is 6.13. The summed E-state index contributed by atoms with van der Waals surface area (Å²) in [5, 5.41) is 3.49. The molecule has 0 saturated heterocycles. The normalized spacial score (nSPS) is 14.2. The van der Waals surface area contributed by atoms with Crippen molar-refractivity contribution >= 4 is 49.2 Å². The zero-order valence-corrected chi connectivity index (χ0v) is 23.8. The van der Waals surface area contributed by atoms with Crippen molar-refractivity contribution in [1.82, 2.24) is 9.13 Å². The van der Waals surface area contributed by atoms with Crippen LogP contribution in [0.2, 0.25) is 0 Å². The molecule has 2 heteroatoms. The molecular formula is C42H28N2. The van der Waals surface area contributed by atoms with E-state index in [1.165, 1.54) is 5.57 Å². The van der Waals surface area contributed by atoms with Gasteiger partial charge >= 0.3 is 0 Å². The smallest absolute Gasteiger partial charge is 0.0645 e. The molecule has 0 amide bonds. The average Bonchev–Trinajstić information content (AvgIpc) is 3.66. The van der Waals surface area contributed by atoms with E-state index in [4.69, 9.17) is 5.48 Å². The summed E-state index contributed by atoms with van der Waals surface area (Å²) in [7, 11) is 0. The topological polar surface area (TPSA) is 9.86 Å². The van der Waals surface area contributed by atoms with Crippen LogP contribution in [0.3, 0.4) is 0 Å². The highest BCUT2D eigenvalue weighted by Gasteiger charge is 2.21. The Kier molecular flexibility index (Phi) is 4.71. The third-order valence-corrected chi connectivity index (χ3v) is 8.73. The zero-order chi connectivity index (χ0) is 32.5. The molecule has 1 aliphatic rings. The van der Waals surface area contributed by atoms with Crippen LogP contribution in [0.15, 0.2) is 163 Å². The van der Waals surface area contributed by atoms with E-state index in [2.05, 4.69) is 107 Å². The van der Waals surface area contributed by atoms with Crippen LogP contribution in [-0.2, 0) is 0 Å². The fraction of sp³-hybridized carbons (Fsp3) is 0.0238. The Morgan fingerprint density at radius 1 is 0.568 bits per heavy atom. The molecule has 2 aromatic heterocycles. The summed E-state index contributed by atoms with van der Waals surface area (Å²) in [6, 6.07) is 39.2. The maximum Gasteiger partial charge on any atom is 0.0645 e. The summed E-state index contributed by atoms with van der Waals surface area (Å²) in [4.78, 5) is 0. The molecule has 6 aromatic carbocycles. The number of benzene rings is 6. The van der Waals surface area contributed by atoms with Crippen LogP contribution in [-0.4, -0.2) is 9.13 Å². The van der Waals surface area contributed by atoms with Crippen molar-refractivity contribution in [3.05, 3.63) is 169 Å². The number of allylic oxidation sites excluding steroid dienone is 3. The first-order valence-corrected chi connectivity index (χ1v) is 14.9. The molecule has 0 fully saturated rings. The van der Waals surface area contributed by atoms with Crippen LogP contribution in [0.4, 0.5) is 0 Å². The molecule has 8 aromatic rings. The lowest BCUT2D eigenvalue weighted by molar-refractivity contribution is 1.15. The van der Waals surface area contributed by atoms with Crippen LogP contribution in [0, 0.1) is 0 Å². The maximum absolute atomic E-state index is 8.95. The molecule has 1 aliphatic carbocycles. The third kappa shape index (κ3) is 3.69. The van der Waals surface area contributed by atoms with E-state index in [-0.39, 0.29) is 24.2 Å². The Morgan fingerprint density at radius 3 is 2.09 bits per heavy atom. The SMILES string of the molecule is [2H]c1c([2H])c([2H])c2c(c1[2H])c1ccccc1n2-c1ccc2c(c1)c1ccccc1n2-c1c(C2=CC=C=CC2)cccc1-c1ccccc1. The van der Waals surface area contributed by atoms with E-state index >= 15 is 0 Å². The van der Waals surface area contributed by atoms with Crippen LogP contribution >= 0.6 is 0 Å². The first kappa shape index (κ1) is 21.0. The Balaban J connectivity index is 1.39. The maximum atomic E-state index is 8.95. The van der Waals surface area contributed by atoms with E-state index in [1.807, 2.05) is 41.0 Å². The number of nitrogens with zero attached hydrogens (tertiary/aromatic N) is 2. The van der Waals surface area contributed by atoms with Gasteiger partial charge in [-0.1, -0.05) is 109 Å². The molecule has 0 saturated carbocycles. The highest BCUT2D eigenvalue weighted by atomic mass is 15.0. The number of hydrogen-bond acceptors (Lipinski definition) is 0. The number of rotatable bonds is 4. The van der Waals surface area contributed by atoms with E-state index in [9.17, 15) is 0 Å². The summed E-state index contributed by atoms with van der Waals surface area (Å²) in [6.45, 7) is 0. The lowest BCUT2D eigenvalue weighted by Gasteiger charge is -2.20. The predicted octanol–water partition coefficient (Wildman–Crippen LogP) is 11.0. The molecule has 2 heterocycles. The second kappa shape index (κ2) is 9.88. The molecule has 9 rings (SSSR count). The van der Waals surface area contributed by atoms with Crippen molar-refractivity contribution in [2.45, 2.75) is 6.42 Å². The molecule has 0 spiro atoms. The molecule has 0 N–H and O–H groups in total.